The molecule has 0 bridgehead atoms. The molecule has 0 N–H and O–H groups in total. The average molecular weight is 235 g/mol. The molecule has 2 fully saturated rings. The fourth-order valence-corrected chi connectivity index (χ4v) is 2.16. The van der Waals surface area contributed by atoms with Crippen LogP contribution in [0.1, 0.15) is 73.0 Å². The van der Waals surface area contributed by atoms with E-state index in [0.29, 0.717) is 24.2 Å². The number of rotatable bonds is 4. The molecule has 1 heterocycles. The zero-order chi connectivity index (χ0) is 11.8. The Morgan fingerprint density at radius 1 is 1.35 bits per heavy atom. The van der Waals surface area contributed by atoms with Crippen molar-refractivity contribution in [3.8, 4) is 0 Å². The number of carbonyl (C=O) groups is 1. The van der Waals surface area contributed by atoms with Crippen molar-refractivity contribution in [1.82, 2.24) is 4.98 Å². The summed E-state index contributed by atoms with van der Waals surface area (Å²) in [6.07, 6.45) is 5.73. The van der Waals surface area contributed by atoms with E-state index in [1.54, 1.807) is 6.92 Å². The first kappa shape index (κ1) is 10.8. The third kappa shape index (κ3) is 1.96. The molecule has 92 valence electrons. The highest BCUT2D eigenvalue weighted by atomic mass is 16.5. The summed E-state index contributed by atoms with van der Waals surface area (Å²) in [5.74, 6) is 1.60. The van der Waals surface area contributed by atoms with Gasteiger partial charge in [0.1, 0.15) is 0 Å². The molecule has 17 heavy (non-hydrogen) atoms. The Balaban J connectivity index is 1.88. The van der Waals surface area contributed by atoms with Crippen LogP contribution >= 0.6 is 0 Å². The van der Waals surface area contributed by atoms with Crippen molar-refractivity contribution in [1.29, 1.82) is 0 Å². The molecule has 0 unspecified atom stereocenters. The number of hydrogen-bond donors (Lipinski definition) is 0. The van der Waals surface area contributed by atoms with Gasteiger partial charge >= 0.3 is 5.97 Å². The maximum absolute atomic E-state index is 11.8. The number of esters is 1. The molecule has 4 heteroatoms. The first-order valence-electron chi connectivity index (χ1n) is 6.47. The van der Waals surface area contributed by atoms with Crippen molar-refractivity contribution in [3.05, 3.63) is 17.3 Å². The maximum Gasteiger partial charge on any atom is 0.376 e. The van der Waals surface area contributed by atoms with E-state index in [-0.39, 0.29) is 5.97 Å². The lowest BCUT2D eigenvalue weighted by atomic mass is 9.85. The highest BCUT2D eigenvalue weighted by Crippen LogP contribution is 2.44. The van der Waals surface area contributed by atoms with Gasteiger partial charge in [-0.1, -0.05) is 6.42 Å². The van der Waals surface area contributed by atoms with Gasteiger partial charge in [0.25, 0.3) is 0 Å². The van der Waals surface area contributed by atoms with E-state index in [1.807, 2.05) is 0 Å². The van der Waals surface area contributed by atoms with Crippen LogP contribution in [0.4, 0.5) is 0 Å². The lowest BCUT2D eigenvalue weighted by Crippen LogP contribution is -2.08. The van der Waals surface area contributed by atoms with E-state index in [2.05, 4.69) is 4.98 Å². The topological polar surface area (TPSA) is 52.3 Å². The number of carbonyl (C=O) groups excluding carboxylic acids is 1. The molecule has 0 aliphatic heterocycles. The van der Waals surface area contributed by atoms with E-state index in [4.69, 9.17) is 9.15 Å². The monoisotopic (exact) mass is 235 g/mol. The molecule has 2 saturated carbocycles. The van der Waals surface area contributed by atoms with Crippen LogP contribution < -0.4 is 0 Å². The van der Waals surface area contributed by atoms with Gasteiger partial charge in [-0.3, -0.25) is 0 Å². The summed E-state index contributed by atoms with van der Waals surface area (Å²) in [6.45, 7) is 2.18. The molecule has 3 rings (SSSR count). The zero-order valence-corrected chi connectivity index (χ0v) is 10.1. The van der Waals surface area contributed by atoms with Gasteiger partial charge in [0.05, 0.1) is 12.3 Å². The number of hydrogen-bond acceptors (Lipinski definition) is 4. The normalized spacial score (nSPS) is 20.1. The molecule has 0 spiro atoms. The molecule has 0 atom stereocenters. The summed E-state index contributed by atoms with van der Waals surface area (Å²) in [7, 11) is 0. The number of nitrogens with zero attached hydrogens (tertiary/aromatic N) is 1. The van der Waals surface area contributed by atoms with Crippen LogP contribution in [0.3, 0.4) is 0 Å². The quantitative estimate of drug-likeness (QED) is 0.753. The molecule has 0 aromatic carbocycles. The Kier molecular flexibility index (Phi) is 2.65. The summed E-state index contributed by atoms with van der Waals surface area (Å²) >= 11 is 0. The van der Waals surface area contributed by atoms with Gasteiger partial charge in [0.2, 0.25) is 5.76 Å². The van der Waals surface area contributed by atoms with Crippen molar-refractivity contribution in [2.75, 3.05) is 6.61 Å². The van der Waals surface area contributed by atoms with Gasteiger partial charge < -0.3 is 9.15 Å². The van der Waals surface area contributed by atoms with Crippen molar-refractivity contribution in [2.24, 2.45) is 0 Å². The van der Waals surface area contributed by atoms with Gasteiger partial charge in [-0.15, -0.1) is 0 Å². The van der Waals surface area contributed by atoms with Gasteiger partial charge in [0.15, 0.2) is 5.89 Å². The van der Waals surface area contributed by atoms with Crippen LogP contribution in [0.25, 0.3) is 0 Å². The fraction of sp³-hybridized carbons (Fsp3) is 0.692. The zero-order valence-electron chi connectivity index (χ0n) is 10.1. The summed E-state index contributed by atoms with van der Waals surface area (Å²) in [5, 5.41) is 0. The largest absolute Gasteiger partial charge is 0.460 e. The van der Waals surface area contributed by atoms with Gasteiger partial charge in [-0.05, 0) is 32.6 Å². The Morgan fingerprint density at radius 3 is 2.65 bits per heavy atom. The predicted octanol–water partition coefficient (Wildman–Crippen LogP) is 3.00. The van der Waals surface area contributed by atoms with E-state index >= 15 is 0 Å². The second-order valence-electron chi connectivity index (χ2n) is 4.89. The summed E-state index contributed by atoms with van der Waals surface area (Å²) in [5.41, 5.74) is 0.838. The third-order valence-corrected chi connectivity index (χ3v) is 3.55. The van der Waals surface area contributed by atoms with E-state index < -0.39 is 0 Å². The van der Waals surface area contributed by atoms with Crippen LogP contribution in [0, 0.1) is 0 Å². The molecule has 1 aromatic rings. The first-order valence-corrected chi connectivity index (χ1v) is 6.47. The molecule has 0 saturated heterocycles. The van der Waals surface area contributed by atoms with Crippen LogP contribution in [-0.2, 0) is 4.74 Å². The number of aromatic nitrogens is 1. The molecule has 1 aromatic heterocycles. The van der Waals surface area contributed by atoms with Gasteiger partial charge in [-0.2, -0.15) is 0 Å². The van der Waals surface area contributed by atoms with Crippen LogP contribution in [0.5, 0.6) is 0 Å². The van der Waals surface area contributed by atoms with Crippen molar-refractivity contribution < 1.29 is 13.9 Å². The highest BCUT2D eigenvalue weighted by molar-refractivity contribution is 5.87. The number of oxazole rings is 1. The Labute approximate surface area is 100 Å². The van der Waals surface area contributed by atoms with E-state index in [9.17, 15) is 4.79 Å². The Hall–Kier alpha value is -1.32. The van der Waals surface area contributed by atoms with Crippen molar-refractivity contribution in [2.45, 2.75) is 50.9 Å². The van der Waals surface area contributed by atoms with Crippen LogP contribution in [0.2, 0.25) is 0 Å². The van der Waals surface area contributed by atoms with Gasteiger partial charge in [0, 0.05) is 11.8 Å². The fourth-order valence-electron chi connectivity index (χ4n) is 2.16. The molecular weight excluding hydrogens is 218 g/mol. The smallest absolute Gasteiger partial charge is 0.376 e. The average Bonchev–Trinajstić information content (AvgIpc) is 2.98. The molecule has 4 nitrogen and oxygen atoms in total. The molecular formula is C13H17NO3. The summed E-state index contributed by atoms with van der Waals surface area (Å²) in [6, 6.07) is 0. The third-order valence-electron chi connectivity index (χ3n) is 3.55. The van der Waals surface area contributed by atoms with Crippen LogP contribution in [0.15, 0.2) is 4.42 Å². The Morgan fingerprint density at radius 2 is 2.12 bits per heavy atom. The van der Waals surface area contributed by atoms with Crippen LogP contribution in [-0.4, -0.2) is 17.6 Å². The highest BCUT2D eigenvalue weighted by Gasteiger charge is 2.36. The van der Waals surface area contributed by atoms with E-state index in [1.165, 1.54) is 6.42 Å². The summed E-state index contributed by atoms with van der Waals surface area (Å²) in [4.78, 5) is 16.3. The molecule has 0 radical (unpaired) electrons. The predicted molar refractivity (Wildman–Crippen MR) is 61.0 cm³/mol. The molecule has 0 amide bonds. The SMILES string of the molecule is CCOC(=O)c1oc(C2CCC2)nc1C1CC1. The standard InChI is InChI=1S/C13H17NO3/c1-2-16-13(15)11-10(8-6-7-8)14-12(17-11)9-4-3-5-9/h8-9H,2-7H2,1H3. The van der Waals surface area contributed by atoms with Crippen molar-refractivity contribution >= 4 is 5.97 Å². The number of ether oxygens (including phenoxy) is 1. The molecule has 2 aliphatic rings. The minimum atomic E-state index is -0.354. The second kappa shape index (κ2) is 4.17. The van der Waals surface area contributed by atoms with Gasteiger partial charge in [-0.25, -0.2) is 9.78 Å². The maximum atomic E-state index is 11.8. The second-order valence-corrected chi connectivity index (χ2v) is 4.89. The molecule has 2 aliphatic carbocycles. The Bertz CT molecular complexity index is 430. The first-order chi connectivity index (χ1) is 8.29. The minimum Gasteiger partial charge on any atom is -0.460 e. The van der Waals surface area contributed by atoms with Crippen molar-refractivity contribution in [3.63, 3.8) is 0 Å². The lowest BCUT2D eigenvalue weighted by Gasteiger charge is -2.21. The minimum absolute atomic E-state index is 0.354. The summed E-state index contributed by atoms with van der Waals surface area (Å²) < 4.78 is 10.7. The van der Waals surface area contributed by atoms with E-state index in [0.717, 1.165) is 37.3 Å². The lowest BCUT2D eigenvalue weighted by molar-refractivity contribution is 0.0484.